The third-order valence-corrected chi connectivity index (χ3v) is 7.14. The number of carbonyl (C=O) groups is 2. The van der Waals surface area contributed by atoms with Gasteiger partial charge in [-0.2, -0.15) is 5.10 Å². The molecule has 8 nitrogen and oxygen atoms in total. The largest absolute Gasteiger partial charge is 0.354 e. The van der Waals surface area contributed by atoms with E-state index in [2.05, 4.69) is 25.7 Å². The Labute approximate surface area is 232 Å². The summed E-state index contributed by atoms with van der Waals surface area (Å²) in [6.07, 6.45) is 9.12. The fourth-order valence-electron chi connectivity index (χ4n) is 4.51. The summed E-state index contributed by atoms with van der Waals surface area (Å²) in [4.78, 5) is 30.6. The number of hydrogen-bond acceptors (Lipinski definition) is 5. The highest BCUT2D eigenvalue weighted by Gasteiger charge is 2.45. The van der Waals surface area contributed by atoms with E-state index in [0.29, 0.717) is 30.6 Å². The summed E-state index contributed by atoms with van der Waals surface area (Å²) in [5.41, 5.74) is 2.72. The van der Waals surface area contributed by atoms with Crippen LogP contribution in [0.3, 0.4) is 0 Å². The molecule has 0 saturated heterocycles. The van der Waals surface area contributed by atoms with Crippen LogP contribution in [0.5, 0.6) is 0 Å². The molecule has 0 unspecified atom stereocenters. The molecule has 222 valence electrons. The maximum absolute atomic E-state index is 13.3. The van der Waals surface area contributed by atoms with Crippen molar-refractivity contribution in [1.82, 2.24) is 25.2 Å². The van der Waals surface area contributed by atoms with Gasteiger partial charge < -0.3 is 10.6 Å². The molecule has 2 aromatic heterocycles. The fraction of sp³-hybridized carbons (Fsp3) is 0.679. The number of nitrogens with zero attached hydrogens (tertiary/aromatic N) is 4. The molecule has 3 saturated carbocycles. The Bertz CT molecular complexity index is 1160. The summed E-state index contributed by atoms with van der Waals surface area (Å²) in [6, 6.07) is 1.81. The van der Waals surface area contributed by atoms with Gasteiger partial charge in [-0.05, 0) is 49.7 Å². The molecule has 0 bridgehead atoms. The molecule has 40 heavy (non-hydrogen) atoms. The van der Waals surface area contributed by atoms with E-state index in [1.165, 1.54) is 19.3 Å². The molecule has 12 heteroatoms. The first kappa shape index (κ1) is 31.5. The smallest absolute Gasteiger partial charge is 0.264 e. The monoisotopic (exact) mass is 568 g/mol. The molecule has 0 atom stereocenters. The average molecular weight is 569 g/mol. The molecule has 2 N–H and O–H groups in total. The van der Waals surface area contributed by atoms with Crippen LogP contribution in [-0.2, 0) is 22.6 Å². The van der Waals surface area contributed by atoms with Crippen molar-refractivity contribution in [3.8, 4) is 0 Å². The molecule has 2 aromatic rings. The van der Waals surface area contributed by atoms with Gasteiger partial charge in [0.05, 0.1) is 23.8 Å². The minimum atomic E-state index is -2.61. The van der Waals surface area contributed by atoms with Crippen molar-refractivity contribution in [2.24, 2.45) is 16.8 Å². The van der Waals surface area contributed by atoms with Gasteiger partial charge in [0, 0.05) is 52.7 Å². The van der Waals surface area contributed by atoms with Gasteiger partial charge in [0.25, 0.3) is 5.91 Å². The van der Waals surface area contributed by atoms with Gasteiger partial charge in [-0.1, -0.05) is 19.3 Å². The van der Waals surface area contributed by atoms with Gasteiger partial charge in [-0.3, -0.25) is 14.6 Å². The molecular formula is C28H40F4N6O2. The first-order valence-corrected chi connectivity index (χ1v) is 13.9. The van der Waals surface area contributed by atoms with E-state index >= 15 is 0 Å². The third-order valence-electron chi connectivity index (χ3n) is 7.14. The number of amides is 2. The summed E-state index contributed by atoms with van der Waals surface area (Å²) < 4.78 is 53.9. The molecule has 3 aliphatic carbocycles. The van der Waals surface area contributed by atoms with Crippen molar-refractivity contribution in [3.05, 3.63) is 29.7 Å². The fourth-order valence-corrected chi connectivity index (χ4v) is 4.51. The molecule has 0 aliphatic heterocycles. The normalized spacial score (nSPS) is 19.8. The SMILES string of the molecule is C1CC1.CN=C(C)C(=O)NC.O=C(CC1CC(F)(F)C1)NCc1cnn2cc(CC3CCC(F)(F)CC3)nc2c1. The molecule has 0 aromatic carbocycles. The van der Waals surface area contributed by atoms with E-state index in [1.807, 2.05) is 6.07 Å². The van der Waals surface area contributed by atoms with Gasteiger partial charge in [-0.25, -0.2) is 27.1 Å². The topological polar surface area (TPSA) is 101 Å². The van der Waals surface area contributed by atoms with Gasteiger partial charge in [0.2, 0.25) is 17.8 Å². The molecule has 0 radical (unpaired) electrons. The van der Waals surface area contributed by atoms with E-state index in [-0.39, 0.29) is 62.3 Å². The van der Waals surface area contributed by atoms with Gasteiger partial charge >= 0.3 is 0 Å². The lowest BCUT2D eigenvalue weighted by Gasteiger charge is -2.34. The zero-order valence-corrected chi connectivity index (χ0v) is 23.5. The molecule has 3 aliphatic rings. The van der Waals surface area contributed by atoms with Crippen molar-refractivity contribution >= 4 is 23.2 Å². The lowest BCUT2D eigenvalue weighted by Crippen LogP contribution is -2.38. The number of fused-ring (bicyclic) bond motifs is 1. The molecular weight excluding hydrogens is 528 g/mol. The lowest BCUT2D eigenvalue weighted by molar-refractivity contribution is -0.133. The number of aliphatic imine (C=N–C) groups is 1. The summed E-state index contributed by atoms with van der Waals surface area (Å²) in [5.74, 6) is -5.56. The Kier molecular flexibility index (Phi) is 11.0. The van der Waals surface area contributed by atoms with Crippen LogP contribution >= 0.6 is 0 Å². The Morgan fingerprint density at radius 1 is 1.07 bits per heavy atom. The van der Waals surface area contributed by atoms with Crippen LogP contribution < -0.4 is 10.6 Å². The predicted molar refractivity (Wildman–Crippen MR) is 145 cm³/mol. The minimum Gasteiger partial charge on any atom is -0.354 e. The average Bonchev–Trinajstić information content (AvgIpc) is 3.73. The number of nitrogens with one attached hydrogen (secondary N) is 2. The second-order valence-corrected chi connectivity index (χ2v) is 11.0. The number of aromatic nitrogens is 3. The summed E-state index contributed by atoms with van der Waals surface area (Å²) in [6.45, 7) is 1.92. The Morgan fingerprint density at radius 2 is 1.73 bits per heavy atom. The standard InChI is InChI=1S/C20H24F4N4O.C5H10N2O.C3H6/c21-19(22)3-1-13(2-4-19)5-16-12-28-17(27-16)6-15(11-26-28)10-25-18(29)7-14-8-20(23,24)9-14;1-4(6-2)5(8)7-3;1-2-3-1/h6,11-14H,1-5,7-10H2,(H,25,29);1-3H3,(H,7,8);1-3H2. The summed E-state index contributed by atoms with van der Waals surface area (Å²) in [7, 11) is 3.17. The zero-order chi connectivity index (χ0) is 29.3. The number of rotatable bonds is 7. The molecule has 3 fully saturated rings. The van der Waals surface area contributed by atoms with Crippen LogP contribution in [-0.4, -0.2) is 58.1 Å². The van der Waals surface area contributed by atoms with E-state index in [4.69, 9.17) is 0 Å². The maximum atomic E-state index is 13.3. The van der Waals surface area contributed by atoms with Gasteiger partial charge in [0.1, 0.15) is 0 Å². The predicted octanol–water partition coefficient (Wildman–Crippen LogP) is 5.14. The number of carbonyl (C=O) groups excluding carboxylic acids is 2. The first-order chi connectivity index (χ1) is 18.9. The Hall–Kier alpha value is -3.05. The van der Waals surface area contributed by atoms with Crippen LogP contribution in [0.15, 0.2) is 23.5 Å². The quantitative estimate of drug-likeness (QED) is 0.357. The Morgan fingerprint density at radius 3 is 2.25 bits per heavy atom. The van der Waals surface area contributed by atoms with Crippen LogP contribution in [0.2, 0.25) is 0 Å². The zero-order valence-electron chi connectivity index (χ0n) is 23.5. The van der Waals surface area contributed by atoms with Crippen LogP contribution in [0.1, 0.15) is 82.4 Å². The number of halogens is 4. The summed E-state index contributed by atoms with van der Waals surface area (Å²) in [5, 5.41) is 9.47. The van der Waals surface area contributed by atoms with E-state index in [1.54, 1.807) is 37.9 Å². The molecule has 5 rings (SSSR count). The van der Waals surface area contributed by atoms with Gasteiger partial charge in [0.15, 0.2) is 5.65 Å². The molecule has 2 heterocycles. The van der Waals surface area contributed by atoms with Crippen molar-refractivity contribution in [3.63, 3.8) is 0 Å². The molecule has 2 amide bonds. The van der Waals surface area contributed by atoms with Crippen molar-refractivity contribution < 1.29 is 27.2 Å². The van der Waals surface area contributed by atoms with Crippen LogP contribution in [0, 0.1) is 11.8 Å². The van der Waals surface area contributed by atoms with Crippen molar-refractivity contribution in [2.45, 2.75) is 95.9 Å². The highest BCUT2D eigenvalue weighted by atomic mass is 19.3. The second kappa shape index (κ2) is 14.0. The number of hydrogen-bond donors (Lipinski definition) is 2. The second-order valence-electron chi connectivity index (χ2n) is 11.0. The first-order valence-electron chi connectivity index (χ1n) is 13.9. The van der Waals surface area contributed by atoms with Crippen LogP contribution in [0.4, 0.5) is 17.6 Å². The van der Waals surface area contributed by atoms with E-state index < -0.39 is 11.8 Å². The maximum Gasteiger partial charge on any atom is 0.264 e. The lowest BCUT2D eigenvalue weighted by atomic mass is 9.79. The number of alkyl halides is 4. The van der Waals surface area contributed by atoms with E-state index in [0.717, 1.165) is 11.3 Å². The summed E-state index contributed by atoms with van der Waals surface area (Å²) >= 11 is 0. The minimum absolute atomic E-state index is 0.0639. The molecule has 0 spiro atoms. The van der Waals surface area contributed by atoms with Crippen molar-refractivity contribution in [1.29, 1.82) is 0 Å². The van der Waals surface area contributed by atoms with Crippen LogP contribution in [0.25, 0.3) is 5.65 Å². The Balaban J connectivity index is 0.000000337. The third kappa shape index (κ3) is 10.5. The van der Waals surface area contributed by atoms with Crippen molar-refractivity contribution in [2.75, 3.05) is 14.1 Å². The highest BCUT2D eigenvalue weighted by Crippen LogP contribution is 2.44. The number of imidazole rings is 1. The highest BCUT2D eigenvalue weighted by molar-refractivity contribution is 6.37. The van der Waals surface area contributed by atoms with Gasteiger partial charge in [-0.15, -0.1) is 0 Å². The van der Waals surface area contributed by atoms with E-state index in [9.17, 15) is 27.2 Å².